The number of hydrogen-bond donors (Lipinski definition) is 1. The molecule has 1 fully saturated rings. The zero-order valence-electron chi connectivity index (χ0n) is 16.8. The molecule has 4 rings (SSSR count). The number of ether oxygens (including phenoxy) is 2. The van der Waals surface area contributed by atoms with Gasteiger partial charge in [-0.05, 0) is 54.7 Å². The van der Waals surface area contributed by atoms with Crippen LogP contribution in [-0.2, 0) is 11.8 Å². The fraction of sp³-hybridized carbons (Fsp3) is 0.273. The first-order chi connectivity index (χ1) is 14.6. The summed E-state index contributed by atoms with van der Waals surface area (Å²) in [6.07, 6.45) is 3.83. The van der Waals surface area contributed by atoms with E-state index < -0.39 is 0 Å². The minimum atomic E-state index is -0.0938. The number of anilines is 1. The average Bonchev–Trinajstić information content (AvgIpc) is 3.32. The molecule has 0 radical (unpaired) electrons. The summed E-state index contributed by atoms with van der Waals surface area (Å²) in [5.41, 5.74) is 2.94. The van der Waals surface area contributed by atoms with Gasteiger partial charge in [-0.2, -0.15) is 0 Å². The standard InChI is InChI=1S/C22H23ClN4O2S/c1-26-11-5-7-18(26)21-20(17-6-3-4-10-24-17)25-22(30)27(21)15-8-9-19(16(23)14-15)29-13-12-28-2/h3-11,14,20-21H,12-13H2,1-2H3,(H,25,30)/t20-,21-/m0/s1. The maximum atomic E-state index is 6.52. The minimum Gasteiger partial charge on any atom is -0.490 e. The Kier molecular flexibility index (Phi) is 6.22. The third-order valence-electron chi connectivity index (χ3n) is 5.12. The maximum absolute atomic E-state index is 6.52. The van der Waals surface area contributed by atoms with Crippen LogP contribution in [0.25, 0.3) is 0 Å². The molecule has 3 aromatic rings. The van der Waals surface area contributed by atoms with Gasteiger partial charge in [0.25, 0.3) is 0 Å². The van der Waals surface area contributed by atoms with E-state index in [1.807, 2.05) is 55.7 Å². The second-order valence-corrected chi connectivity index (χ2v) is 7.79. The molecule has 6 nitrogen and oxygen atoms in total. The first kappa shape index (κ1) is 20.7. The summed E-state index contributed by atoms with van der Waals surface area (Å²) in [4.78, 5) is 6.66. The fourth-order valence-corrected chi connectivity index (χ4v) is 4.28. The third-order valence-corrected chi connectivity index (χ3v) is 5.73. The lowest BCUT2D eigenvalue weighted by molar-refractivity contribution is 0.146. The molecule has 8 heteroatoms. The van der Waals surface area contributed by atoms with Crippen molar-refractivity contribution in [3.05, 3.63) is 77.3 Å². The van der Waals surface area contributed by atoms with Gasteiger partial charge in [0, 0.05) is 37.9 Å². The first-order valence-corrected chi connectivity index (χ1v) is 10.4. The van der Waals surface area contributed by atoms with Gasteiger partial charge in [0.1, 0.15) is 18.4 Å². The fourth-order valence-electron chi connectivity index (χ4n) is 3.71. The zero-order valence-corrected chi connectivity index (χ0v) is 18.4. The van der Waals surface area contributed by atoms with Gasteiger partial charge in [0.05, 0.1) is 23.4 Å². The number of rotatable bonds is 7. The van der Waals surface area contributed by atoms with Gasteiger partial charge in [-0.15, -0.1) is 0 Å². The molecule has 2 aromatic heterocycles. The molecule has 3 heterocycles. The zero-order chi connectivity index (χ0) is 21.1. The maximum Gasteiger partial charge on any atom is 0.174 e. The highest BCUT2D eigenvalue weighted by Gasteiger charge is 2.41. The second kappa shape index (κ2) is 9.04. The summed E-state index contributed by atoms with van der Waals surface area (Å²) >= 11 is 12.3. The van der Waals surface area contributed by atoms with Crippen molar-refractivity contribution in [2.75, 3.05) is 25.2 Å². The molecule has 30 heavy (non-hydrogen) atoms. The Morgan fingerprint density at radius 2 is 2.03 bits per heavy atom. The summed E-state index contributed by atoms with van der Waals surface area (Å²) in [5, 5.41) is 4.60. The molecule has 156 valence electrons. The van der Waals surface area contributed by atoms with E-state index in [0.29, 0.717) is 29.1 Å². The summed E-state index contributed by atoms with van der Waals surface area (Å²) in [7, 11) is 3.67. The Balaban J connectivity index is 1.71. The van der Waals surface area contributed by atoms with Gasteiger partial charge in [0.15, 0.2) is 5.11 Å². The number of thiocarbonyl (C=S) groups is 1. The van der Waals surface area contributed by atoms with E-state index in [2.05, 4.69) is 25.8 Å². The molecule has 1 aliphatic rings. The van der Waals surface area contributed by atoms with Crippen LogP contribution in [0.3, 0.4) is 0 Å². The van der Waals surface area contributed by atoms with Crippen LogP contribution in [0.5, 0.6) is 5.75 Å². The molecule has 0 saturated carbocycles. The van der Waals surface area contributed by atoms with Crippen LogP contribution in [0.2, 0.25) is 5.02 Å². The van der Waals surface area contributed by atoms with Crippen molar-refractivity contribution in [2.45, 2.75) is 12.1 Å². The van der Waals surface area contributed by atoms with Crippen LogP contribution in [0.15, 0.2) is 60.9 Å². The van der Waals surface area contributed by atoms with E-state index in [1.165, 1.54) is 0 Å². The SMILES string of the molecule is COCCOc1ccc(N2C(=S)N[C@@H](c3ccccn3)[C@@H]2c2cccn2C)cc1Cl. The molecule has 2 atom stereocenters. The van der Waals surface area contributed by atoms with Crippen LogP contribution in [-0.4, -0.2) is 35.0 Å². The van der Waals surface area contributed by atoms with E-state index in [4.69, 9.17) is 33.3 Å². The van der Waals surface area contributed by atoms with Crippen molar-refractivity contribution >= 4 is 34.6 Å². The molecular formula is C22H23ClN4O2S. The van der Waals surface area contributed by atoms with Crippen molar-refractivity contribution in [3.8, 4) is 5.75 Å². The first-order valence-electron chi connectivity index (χ1n) is 9.63. The summed E-state index contributed by atoms with van der Waals surface area (Å²) < 4.78 is 12.8. The molecule has 0 amide bonds. The molecular weight excluding hydrogens is 420 g/mol. The quantitative estimate of drug-likeness (QED) is 0.435. The lowest BCUT2D eigenvalue weighted by Crippen LogP contribution is -2.30. The number of aromatic nitrogens is 2. The van der Waals surface area contributed by atoms with Crippen molar-refractivity contribution in [1.29, 1.82) is 0 Å². The Bertz CT molecular complexity index is 1030. The van der Waals surface area contributed by atoms with E-state index in [-0.39, 0.29) is 12.1 Å². The van der Waals surface area contributed by atoms with E-state index >= 15 is 0 Å². The van der Waals surface area contributed by atoms with Crippen LogP contribution in [0.4, 0.5) is 5.69 Å². The largest absolute Gasteiger partial charge is 0.490 e. The van der Waals surface area contributed by atoms with Gasteiger partial charge in [-0.1, -0.05) is 17.7 Å². The summed E-state index contributed by atoms with van der Waals surface area (Å²) in [5.74, 6) is 0.618. The Hall–Kier alpha value is -2.61. The van der Waals surface area contributed by atoms with E-state index in [1.54, 1.807) is 13.3 Å². The highest BCUT2D eigenvalue weighted by Crippen LogP contribution is 2.42. The van der Waals surface area contributed by atoms with Gasteiger partial charge < -0.3 is 24.3 Å². The smallest absolute Gasteiger partial charge is 0.174 e. The van der Waals surface area contributed by atoms with Gasteiger partial charge in [0.2, 0.25) is 0 Å². The predicted octanol–water partition coefficient (Wildman–Crippen LogP) is 4.28. The number of benzene rings is 1. The average molecular weight is 443 g/mol. The molecule has 0 unspecified atom stereocenters. The molecule has 1 N–H and O–H groups in total. The Morgan fingerprint density at radius 3 is 2.70 bits per heavy atom. The molecule has 1 aromatic carbocycles. The van der Waals surface area contributed by atoms with E-state index in [9.17, 15) is 0 Å². The highest BCUT2D eigenvalue weighted by molar-refractivity contribution is 7.80. The van der Waals surface area contributed by atoms with Crippen molar-refractivity contribution < 1.29 is 9.47 Å². The molecule has 1 saturated heterocycles. The molecule has 0 spiro atoms. The Morgan fingerprint density at radius 1 is 1.17 bits per heavy atom. The third kappa shape index (κ3) is 4.01. The van der Waals surface area contributed by atoms with Crippen LogP contribution < -0.4 is 15.0 Å². The van der Waals surface area contributed by atoms with Crippen LogP contribution >= 0.6 is 23.8 Å². The van der Waals surface area contributed by atoms with E-state index in [0.717, 1.165) is 17.1 Å². The number of halogens is 1. The molecule has 0 bridgehead atoms. The van der Waals surface area contributed by atoms with Crippen LogP contribution in [0.1, 0.15) is 23.5 Å². The number of aryl methyl sites for hydroxylation is 1. The molecule has 0 aliphatic carbocycles. The lowest BCUT2D eigenvalue weighted by atomic mass is 10.0. The number of nitrogens with one attached hydrogen (secondary N) is 1. The summed E-state index contributed by atoms with van der Waals surface area (Å²) in [6, 6.07) is 15.6. The Labute approximate surface area is 186 Å². The molecule has 1 aliphatic heterocycles. The van der Waals surface area contributed by atoms with Gasteiger partial charge in [-0.3, -0.25) is 4.98 Å². The normalized spacial score (nSPS) is 18.5. The topological polar surface area (TPSA) is 51.6 Å². The number of methoxy groups -OCH3 is 1. The monoisotopic (exact) mass is 442 g/mol. The predicted molar refractivity (Wildman–Crippen MR) is 122 cm³/mol. The summed E-state index contributed by atoms with van der Waals surface area (Å²) in [6.45, 7) is 0.937. The minimum absolute atomic E-state index is 0.0799. The number of hydrogen-bond acceptors (Lipinski definition) is 4. The van der Waals surface area contributed by atoms with Gasteiger partial charge >= 0.3 is 0 Å². The van der Waals surface area contributed by atoms with Crippen molar-refractivity contribution in [2.24, 2.45) is 7.05 Å². The highest BCUT2D eigenvalue weighted by atomic mass is 35.5. The number of pyridine rings is 1. The van der Waals surface area contributed by atoms with Crippen molar-refractivity contribution in [1.82, 2.24) is 14.9 Å². The second-order valence-electron chi connectivity index (χ2n) is 7.00. The number of nitrogens with zero attached hydrogens (tertiary/aromatic N) is 3. The van der Waals surface area contributed by atoms with Gasteiger partial charge in [-0.25, -0.2) is 0 Å². The van der Waals surface area contributed by atoms with Crippen molar-refractivity contribution in [3.63, 3.8) is 0 Å². The lowest BCUT2D eigenvalue weighted by Gasteiger charge is -2.28. The van der Waals surface area contributed by atoms with Crippen LogP contribution in [0, 0.1) is 0 Å².